The monoisotopic (exact) mass is 328 g/mol. The Morgan fingerprint density at radius 2 is 2.17 bits per heavy atom. The highest BCUT2D eigenvalue weighted by atomic mass is 16.5. The molecule has 1 aromatic heterocycles. The van der Waals surface area contributed by atoms with Gasteiger partial charge in [-0.05, 0) is 43.4 Å². The first-order chi connectivity index (χ1) is 11.6. The molecule has 2 fully saturated rings. The summed E-state index contributed by atoms with van der Waals surface area (Å²) in [5.41, 5.74) is 1.56. The summed E-state index contributed by atoms with van der Waals surface area (Å²) < 4.78 is 5.79. The SMILES string of the molecule is CCO[C@@H]1C[C@H](O)C12CCN(C(=O)c1ccc3cc[nH]c3c1)CC2. The van der Waals surface area contributed by atoms with Gasteiger partial charge in [0.1, 0.15) is 0 Å². The molecule has 2 atom stereocenters. The molecule has 1 saturated carbocycles. The number of carbonyl (C=O) groups excluding carboxylic acids is 1. The lowest BCUT2D eigenvalue weighted by atomic mass is 9.58. The summed E-state index contributed by atoms with van der Waals surface area (Å²) >= 11 is 0. The summed E-state index contributed by atoms with van der Waals surface area (Å²) in [7, 11) is 0. The number of aromatic amines is 1. The second-order valence-electron chi connectivity index (χ2n) is 7.00. The van der Waals surface area contributed by atoms with E-state index in [2.05, 4.69) is 4.98 Å². The molecule has 5 nitrogen and oxygen atoms in total. The van der Waals surface area contributed by atoms with E-state index in [1.807, 2.05) is 42.3 Å². The van der Waals surface area contributed by atoms with Gasteiger partial charge in [0.2, 0.25) is 0 Å². The van der Waals surface area contributed by atoms with Gasteiger partial charge in [-0.3, -0.25) is 4.79 Å². The number of likely N-dealkylation sites (tertiary alicyclic amines) is 1. The number of aliphatic hydroxyl groups is 1. The highest BCUT2D eigenvalue weighted by Crippen LogP contribution is 2.51. The first-order valence-electron chi connectivity index (χ1n) is 8.80. The molecule has 1 aromatic carbocycles. The number of nitrogens with zero attached hydrogens (tertiary/aromatic N) is 1. The van der Waals surface area contributed by atoms with Crippen LogP contribution < -0.4 is 0 Å². The second-order valence-corrected chi connectivity index (χ2v) is 7.00. The highest BCUT2D eigenvalue weighted by Gasteiger charge is 2.56. The Labute approximate surface area is 141 Å². The molecule has 0 unspecified atom stereocenters. The second kappa shape index (κ2) is 5.90. The number of fused-ring (bicyclic) bond motifs is 1. The van der Waals surface area contributed by atoms with Crippen LogP contribution in [0.5, 0.6) is 0 Å². The summed E-state index contributed by atoms with van der Waals surface area (Å²) in [4.78, 5) is 17.9. The molecule has 0 bridgehead atoms. The third-order valence-electron chi connectivity index (χ3n) is 5.89. The van der Waals surface area contributed by atoms with Crippen LogP contribution in [0.1, 0.15) is 36.5 Å². The third-order valence-corrected chi connectivity index (χ3v) is 5.89. The smallest absolute Gasteiger partial charge is 0.253 e. The number of benzene rings is 1. The van der Waals surface area contributed by atoms with Gasteiger partial charge in [0.05, 0.1) is 12.2 Å². The van der Waals surface area contributed by atoms with Crippen LogP contribution in [0.2, 0.25) is 0 Å². The molecule has 0 radical (unpaired) electrons. The average molecular weight is 328 g/mol. The van der Waals surface area contributed by atoms with E-state index in [0.29, 0.717) is 19.7 Å². The van der Waals surface area contributed by atoms with Crippen LogP contribution >= 0.6 is 0 Å². The van der Waals surface area contributed by atoms with Crippen LogP contribution in [-0.4, -0.2) is 52.8 Å². The van der Waals surface area contributed by atoms with Gasteiger partial charge < -0.3 is 19.7 Å². The number of aliphatic hydroxyl groups excluding tert-OH is 1. The van der Waals surface area contributed by atoms with Crippen molar-refractivity contribution >= 4 is 16.8 Å². The largest absolute Gasteiger partial charge is 0.392 e. The molecule has 24 heavy (non-hydrogen) atoms. The highest BCUT2D eigenvalue weighted by molar-refractivity contribution is 5.98. The van der Waals surface area contributed by atoms with Gasteiger partial charge >= 0.3 is 0 Å². The van der Waals surface area contributed by atoms with Crippen LogP contribution in [0, 0.1) is 5.41 Å². The van der Waals surface area contributed by atoms with Crippen molar-refractivity contribution in [3.8, 4) is 0 Å². The van der Waals surface area contributed by atoms with Gasteiger partial charge in [-0.15, -0.1) is 0 Å². The number of piperidine rings is 1. The third kappa shape index (κ3) is 2.34. The van der Waals surface area contributed by atoms with E-state index in [9.17, 15) is 9.90 Å². The number of hydrogen-bond acceptors (Lipinski definition) is 3. The summed E-state index contributed by atoms with van der Waals surface area (Å²) in [5, 5.41) is 11.4. The summed E-state index contributed by atoms with van der Waals surface area (Å²) in [6, 6.07) is 7.79. The molecule has 128 valence electrons. The Morgan fingerprint density at radius 3 is 2.88 bits per heavy atom. The Kier molecular flexibility index (Phi) is 3.85. The molecular weight excluding hydrogens is 304 g/mol. The van der Waals surface area contributed by atoms with Crippen molar-refractivity contribution in [1.82, 2.24) is 9.88 Å². The van der Waals surface area contributed by atoms with Gasteiger partial charge in [-0.25, -0.2) is 0 Å². The number of hydrogen-bond donors (Lipinski definition) is 2. The summed E-state index contributed by atoms with van der Waals surface area (Å²) in [6.07, 6.45) is 4.09. The topological polar surface area (TPSA) is 65.6 Å². The van der Waals surface area contributed by atoms with Crippen molar-refractivity contribution in [3.63, 3.8) is 0 Å². The Balaban J connectivity index is 1.46. The van der Waals surface area contributed by atoms with Crippen LogP contribution in [-0.2, 0) is 4.74 Å². The number of H-pyrrole nitrogens is 1. The van der Waals surface area contributed by atoms with E-state index in [-0.39, 0.29) is 23.5 Å². The van der Waals surface area contributed by atoms with Gasteiger partial charge in [-0.1, -0.05) is 6.07 Å². The lowest BCUT2D eigenvalue weighted by Gasteiger charge is -2.56. The van der Waals surface area contributed by atoms with E-state index < -0.39 is 0 Å². The van der Waals surface area contributed by atoms with Crippen molar-refractivity contribution in [2.24, 2.45) is 5.41 Å². The minimum atomic E-state index is -0.290. The number of nitrogens with one attached hydrogen (secondary N) is 1. The number of rotatable bonds is 3. The van der Waals surface area contributed by atoms with E-state index >= 15 is 0 Å². The van der Waals surface area contributed by atoms with E-state index in [1.165, 1.54) is 0 Å². The maximum atomic E-state index is 12.8. The number of ether oxygens (including phenoxy) is 1. The van der Waals surface area contributed by atoms with E-state index in [0.717, 1.165) is 35.7 Å². The van der Waals surface area contributed by atoms with Crippen LogP contribution in [0.3, 0.4) is 0 Å². The summed E-state index contributed by atoms with van der Waals surface area (Å²) in [6.45, 7) is 4.04. The lowest BCUT2D eigenvalue weighted by molar-refractivity contribution is -0.207. The predicted molar refractivity (Wildman–Crippen MR) is 91.9 cm³/mol. The molecule has 2 N–H and O–H groups in total. The van der Waals surface area contributed by atoms with Crippen LogP contribution in [0.4, 0.5) is 0 Å². The van der Waals surface area contributed by atoms with E-state index in [4.69, 9.17) is 4.74 Å². The normalized spacial score (nSPS) is 25.8. The fraction of sp³-hybridized carbons (Fsp3) is 0.526. The molecule has 1 amide bonds. The molecule has 4 rings (SSSR count). The Hall–Kier alpha value is -1.85. The molecular formula is C19H24N2O3. The predicted octanol–water partition coefficient (Wildman–Crippen LogP) is 2.56. The molecule has 2 aliphatic rings. The van der Waals surface area contributed by atoms with Crippen molar-refractivity contribution in [2.75, 3.05) is 19.7 Å². The van der Waals surface area contributed by atoms with Crippen LogP contribution in [0.25, 0.3) is 10.9 Å². The summed E-state index contributed by atoms with van der Waals surface area (Å²) in [5.74, 6) is 0.0723. The fourth-order valence-electron chi connectivity index (χ4n) is 4.31. The maximum absolute atomic E-state index is 12.8. The number of carbonyl (C=O) groups is 1. The maximum Gasteiger partial charge on any atom is 0.253 e. The zero-order valence-corrected chi connectivity index (χ0v) is 14.0. The van der Waals surface area contributed by atoms with Crippen molar-refractivity contribution in [1.29, 1.82) is 0 Å². The standard InChI is InChI=1S/C19H24N2O3/c1-2-24-17-12-16(22)19(17)6-9-21(10-7-19)18(23)14-4-3-13-5-8-20-15(13)11-14/h3-5,8,11,16-17,20,22H,2,6-7,9-10,12H2,1H3/t16-,17+/m0/s1. The number of aromatic nitrogens is 1. The number of amides is 1. The first-order valence-corrected chi connectivity index (χ1v) is 8.80. The zero-order valence-electron chi connectivity index (χ0n) is 14.0. The lowest BCUT2D eigenvalue weighted by Crippen LogP contribution is -2.62. The van der Waals surface area contributed by atoms with Gasteiger partial charge in [0.25, 0.3) is 5.91 Å². The zero-order chi connectivity index (χ0) is 16.7. The van der Waals surface area contributed by atoms with Gasteiger partial charge in [0, 0.05) is 48.8 Å². The minimum Gasteiger partial charge on any atom is -0.392 e. The van der Waals surface area contributed by atoms with Crippen molar-refractivity contribution in [3.05, 3.63) is 36.0 Å². The molecule has 5 heteroatoms. The molecule has 1 aliphatic heterocycles. The Morgan fingerprint density at radius 1 is 1.38 bits per heavy atom. The van der Waals surface area contributed by atoms with Crippen LogP contribution in [0.15, 0.2) is 30.5 Å². The minimum absolute atomic E-state index is 0.0723. The molecule has 1 aliphatic carbocycles. The van der Waals surface area contributed by atoms with Crippen molar-refractivity contribution in [2.45, 2.75) is 38.4 Å². The molecule has 1 saturated heterocycles. The van der Waals surface area contributed by atoms with Gasteiger partial charge in [-0.2, -0.15) is 0 Å². The molecule has 1 spiro atoms. The first kappa shape index (κ1) is 15.7. The molecule has 2 heterocycles. The van der Waals surface area contributed by atoms with Gasteiger partial charge in [0.15, 0.2) is 0 Å². The average Bonchev–Trinajstić information content (AvgIpc) is 3.09. The van der Waals surface area contributed by atoms with E-state index in [1.54, 1.807) is 0 Å². The Bertz CT molecular complexity index is 744. The molecule has 2 aromatic rings. The fourth-order valence-corrected chi connectivity index (χ4v) is 4.31. The van der Waals surface area contributed by atoms with Crippen molar-refractivity contribution < 1.29 is 14.6 Å². The quantitative estimate of drug-likeness (QED) is 0.910.